The highest BCUT2D eigenvalue weighted by molar-refractivity contribution is 5.90. The molecule has 2 heteroatoms. The Kier molecular flexibility index (Phi) is 4.70. The van der Waals surface area contributed by atoms with Gasteiger partial charge in [0.15, 0.2) is 0 Å². The molecule has 0 radical (unpaired) electrons. The molecule has 0 amide bonds. The number of rotatable bonds is 3. The summed E-state index contributed by atoms with van der Waals surface area (Å²) in [6, 6.07) is 19.8. The number of fused-ring (bicyclic) bond motifs is 4. The Morgan fingerprint density at radius 2 is 1.54 bits per heavy atom. The summed E-state index contributed by atoms with van der Waals surface area (Å²) < 4.78 is 0. The van der Waals surface area contributed by atoms with Gasteiger partial charge in [-0.3, -0.25) is 4.90 Å². The minimum absolute atomic E-state index is 0.0957. The van der Waals surface area contributed by atoms with Gasteiger partial charge in [-0.15, -0.1) is 0 Å². The van der Waals surface area contributed by atoms with E-state index in [2.05, 4.69) is 66.4 Å². The maximum Gasteiger partial charge on any atom is 0.0948 e. The van der Waals surface area contributed by atoms with Gasteiger partial charge in [0.2, 0.25) is 0 Å². The van der Waals surface area contributed by atoms with Crippen LogP contribution in [0.4, 0.5) is 0 Å². The second-order valence-electron chi connectivity index (χ2n) is 8.53. The lowest BCUT2D eigenvalue weighted by molar-refractivity contribution is 0.0510. The molecule has 1 aliphatic heterocycles. The quantitative estimate of drug-likeness (QED) is 0.684. The van der Waals surface area contributed by atoms with E-state index in [0.717, 1.165) is 31.5 Å². The molecule has 28 heavy (non-hydrogen) atoms. The molecule has 2 aliphatic rings. The summed E-state index contributed by atoms with van der Waals surface area (Å²) in [5, 5.41) is 14.0. The van der Waals surface area contributed by atoms with E-state index in [1.54, 1.807) is 0 Å². The molecule has 0 fully saturated rings. The molecule has 0 aromatic heterocycles. The van der Waals surface area contributed by atoms with E-state index in [1.807, 2.05) is 0 Å². The maximum absolute atomic E-state index is 11.4. The number of aliphatic hydroxyl groups is 1. The molecule has 3 aromatic rings. The summed E-state index contributed by atoms with van der Waals surface area (Å²) in [6.45, 7) is 4.13. The Labute approximate surface area is 167 Å². The molecule has 1 aliphatic carbocycles. The van der Waals surface area contributed by atoms with Crippen LogP contribution in [0.15, 0.2) is 54.6 Å². The van der Waals surface area contributed by atoms with Crippen LogP contribution in [0, 0.1) is 0 Å². The third-order valence-corrected chi connectivity index (χ3v) is 6.92. The van der Waals surface area contributed by atoms with Crippen LogP contribution in [0.2, 0.25) is 0 Å². The third kappa shape index (κ3) is 3.05. The molecule has 0 saturated heterocycles. The molecule has 0 spiro atoms. The fourth-order valence-electron chi connectivity index (χ4n) is 5.23. The molecule has 0 bridgehead atoms. The summed E-state index contributed by atoms with van der Waals surface area (Å²) in [5.41, 5.74) is 6.94. The Bertz CT molecular complexity index is 1010. The van der Waals surface area contributed by atoms with Gasteiger partial charge in [-0.2, -0.15) is 0 Å². The molecule has 2 nitrogen and oxygen atoms in total. The van der Waals surface area contributed by atoms with Crippen LogP contribution in [-0.2, 0) is 25.8 Å². The van der Waals surface area contributed by atoms with E-state index in [0.29, 0.717) is 0 Å². The van der Waals surface area contributed by atoms with E-state index in [1.165, 1.54) is 52.3 Å². The first kappa shape index (κ1) is 17.9. The van der Waals surface area contributed by atoms with Gasteiger partial charge >= 0.3 is 0 Å². The number of hydrogen-bond acceptors (Lipinski definition) is 2. The monoisotopic (exact) mass is 371 g/mol. The summed E-state index contributed by atoms with van der Waals surface area (Å²) in [6.07, 6.45) is 5.46. The molecule has 1 heterocycles. The van der Waals surface area contributed by atoms with E-state index in [-0.39, 0.29) is 6.04 Å². The first-order valence-corrected chi connectivity index (χ1v) is 10.7. The van der Waals surface area contributed by atoms with Crippen molar-refractivity contribution in [3.63, 3.8) is 0 Å². The van der Waals surface area contributed by atoms with E-state index >= 15 is 0 Å². The summed E-state index contributed by atoms with van der Waals surface area (Å²) in [7, 11) is 0. The molecule has 1 N–H and O–H groups in total. The average Bonchev–Trinajstić information content (AvgIpc) is 2.77. The maximum atomic E-state index is 11.4. The minimum atomic E-state index is -0.470. The molecule has 2 atom stereocenters. The largest absolute Gasteiger partial charge is 0.387 e. The molecule has 3 aromatic carbocycles. The second kappa shape index (κ2) is 7.35. The number of aryl methyl sites for hydroxylation is 2. The molecule has 144 valence electrons. The highest BCUT2D eigenvalue weighted by atomic mass is 16.3. The summed E-state index contributed by atoms with van der Waals surface area (Å²) in [5.74, 6) is 0. The number of benzene rings is 3. The Morgan fingerprint density at radius 3 is 2.39 bits per heavy atom. The minimum Gasteiger partial charge on any atom is -0.387 e. The first-order valence-electron chi connectivity index (χ1n) is 10.7. The lowest BCUT2D eigenvalue weighted by Gasteiger charge is -2.36. The number of nitrogens with zero attached hydrogens (tertiary/aromatic N) is 1. The fourth-order valence-corrected chi connectivity index (χ4v) is 5.23. The zero-order valence-electron chi connectivity index (χ0n) is 16.7. The van der Waals surface area contributed by atoms with Crippen molar-refractivity contribution in [3.05, 3.63) is 82.4 Å². The van der Waals surface area contributed by atoms with Gasteiger partial charge in [-0.1, -0.05) is 54.6 Å². The fraction of sp³-hybridized carbons (Fsp3) is 0.385. The Morgan fingerprint density at radius 1 is 0.821 bits per heavy atom. The van der Waals surface area contributed by atoms with Crippen molar-refractivity contribution in [3.8, 4) is 0 Å². The van der Waals surface area contributed by atoms with Crippen molar-refractivity contribution in [2.45, 2.75) is 57.7 Å². The highest BCUT2D eigenvalue weighted by Gasteiger charge is 2.28. The van der Waals surface area contributed by atoms with Crippen LogP contribution < -0.4 is 0 Å². The van der Waals surface area contributed by atoms with Crippen LogP contribution in [0.25, 0.3) is 10.8 Å². The van der Waals surface area contributed by atoms with Crippen LogP contribution >= 0.6 is 0 Å². The van der Waals surface area contributed by atoms with Gasteiger partial charge in [-0.05, 0) is 77.6 Å². The number of hydrogen-bond donors (Lipinski definition) is 1. The summed E-state index contributed by atoms with van der Waals surface area (Å²) >= 11 is 0. The third-order valence-electron chi connectivity index (χ3n) is 6.92. The second-order valence-corrected chi connectivity index (χ2v) is 8.53. The van der Waals surface area contributed by atoms with Crippen molar-refractivity contribution in [2.75, 3.05) is 6.54 Å². The lowest BCUT2D eigenvalue weighted by atomic mass is 9.83. The molecule has 0 saturated carbocycles. The molecular weight excluding hydrogens is 342 g/mol. The van der Waals surface area contributed by atoms with Gasteiger partial charge < -0.3 is 5.11 Å². The predicted molar refractivity (Wildman–Crippen MR) is 116 cm³/mol. The van der Waals surface area contributed by atoms with E-state index < -0.39 is 6.10 Å². The molecule has 2 unspecified atom stereocenters. The smallest absolute Gasteiger partial charge is 0.0948 e. The normalized spacial score (nSPS) is 19.1. The Hall–Kier alpha value is -2.16. The first-order chi connectivity index (χ1) is 13.7. The molecule has 5 rings (SSSR count). The van der Waals surface area contributed by atoms with Gasteiger partial charge in [0.25, 0.3) is 0 Å². The van der Waals surface area contributed by atoms with Crippen molar-refractivity contribution >= 4 is 10.8 Å². The number of aliphatic hydroxyl groups excluding tert-OH is 1. The lowest BCUT2D eigenvalue weighted by Crippen LogP contribution is -2.41. The zero-order chi connectivity index (χ0) is 19.1. The van der Waals surface area contributed by atoms with Gasteiger partial charge in [0, 0.05) is 19.1 Å². The highest BCUT2D eigenvalue weighted by Crippen LogP contribution is 2.36. The van der Waals surface area contributed by atoms with E-state index in [9.17, 15) is 5.11 Å². The zero-order valence-corrected chi connectivity index (χ0v) is 16.7. The average molecular weight is 372 g/mol. The van der Waals surface area contributed by atoms with Crippen LogP contribution in [-0.4, -0.2) is 22.6 Å². The molecular formula is C26H29NO. The van der Waals surface area contributed by atoms with Crippen LogP contribution in [0.3, 0.4) is 0 Å². The summed E-state index contributed by atoms with van der Waals surface area (Å²) in [4.78, 5) is 2.45. The van der Waals surface area contributed by atoms with Crippen molar-refractivity contribution in [1.82, 2.24) is 4.90 Å². The van der Waals surface area contributed by atoms with Crippen LogP contribution in [0.5, 0.6) is 0 Å². The van der Waals surface area contributed by atoms with Gasteiger partial charge in [0.1, 0.15) is 0 Å². The standard InChI is InChI=1S/C26H29NO/c1-18(27-15-14-19-8-2-3-10-21(19)17-27)26(28)25-16-20-9-4-5-11-22(20)23-12-6-7-13-24(23)25/h2-3,6-8,10,12-13,16,18,26,28H,4-5,9,11,14-15,17H2,1H3. The van der Waals surface area contributed by atoms with Crippen molar-refractivity contribution in [1.29, 1.82) is 0 Å². The predicted octanol–water partition coefficient (Wildman–Crippen LogP) is 5.20. The topological polar surface area (TPSA) is 23.5 Å². The van der Waals surface area contributed by atoms with Crippen LogP contribution in [0.1, 0.15) is 53.7 Å². The van der Waals surface area contributed by atoms with Gasteiger partial charge in [0.05, 0.1) is 6.10 Å². The Balaban J connectivity index is 1.50. The SMILES string of the molecule is CC(C(O)c1cc2c(c3ccccc13)CCCC2)N1CCc2ccccc2C1. The van der Waals surface area contributed by atoms with Crippen molar-refractivity contribution in [2.24, 2.45) is 0 Å². The van der Waals surface area contributed by atoms with Crippen molar-refractivity contribution < 1.29 is 5.11 Å². The van der Waals surface area contributed by atoms with Gasteiger partial charge in [-0.25, -0.2) is 0 Å². The van der Waals surface area contributed by atoms with E-state index in [4.69, 9.17) is 0 Å².